The molecule has 1 N–H and O–H groups in total. The van der Waals surface area contributed by atoms with Crippen LogP contribution in [0.3, 0.4) is 0 Å². The van der Waals surface area contributed by atoms with Crippen LogP contribution in [0.1, 0.15) is 6.92 Å². The van der Waals surface area contributed by atoms with Gasteiger partial charge in [-0.3, -0.25) is 4.68 Å². The number of aromatic nitrogens is 2. The number of hydrogen-bond donors (Lipinski definition) is 1. The molecule has 1 heterocycles. The standard InChI is InChI=1S/C15H21N3O2/c1-13(12-18-10-5-8-17-18)16-9-11-20-15-7-4-3-6-14(15)19-2/h3-8,10,13,16H,9,11-12H2,1-2H3/t13-/m0/s1. The molecule has 5 heteroatoms. The number of ether oxygens (including phenoxy) is 2. The van der Waals surface area contributed by atoms with E-state index >= 15 is 0 Å². The van der Waals surface area contributed by atoms with Crippen molar-refractivity contribution in [3.63, 3.8) is 0 Å². The molecule has 0 amide bonds. The molecule has 0 saturated heterocycles. The van der Waals surface area contributed by atoms with Crippen LogP contribution >= 0.6 is 0 Å². The molecule has 0 fully saturated rings. The van der Waals surface area contributed by atoms with Crippen molar-refractivity contribution < 1.29 is 9.47 Å². The Labute approximate surface area is 119 Å². The predicted molar refractivity (Wildman–Crippen MR) is 78.2 cm³/mol. The quantitative estimate of drug-likeness (QED) is 0.748. The molecule has 2 aromatic rings. The molecule has 5 nitrogen and oxygen atoms in total. The highest BCUT2D eigenvalue weighted by Crippen LogP contribution is 2.25. The van der Waals surface area contributed by atoms with Gasteiger partial charge < -0.3 is 14.8 Å². The van der Waals surface area contributed by atoms with E-state index in [1.165, 1.54) is 0 Å². The number of rotatable bonds is 8. The van der Waals surface area contributed by atoms with Crippen LogP contribution in [0.15, 0.2) is 42.7 Å². The molecule has 1 aromatic heterocycles. The van der Waals surface area contributed by atoms with Gasteiger partial charge in [0.25, 0.3) is 0 Å². The molecule has 0 bridgehead atoms. The normalized spacial score (nSPS) is 12.1. The molecular formula is C15H21N3O2. The fourth-order valence-electron chi connectivity index (χ4n) is 1.96. The lowest BCUT2D eigenvalue weighted by Crippen LogP contribution is -2.33. The molecule has 0 aliphatic heterocycles. The summed E-state index contributed by atoms with van der Waals surface area (Å²) in [6.07, 6.45) is 3.75. The molecule has 1 atom stereocenters. The summed E-state index contributed by atoms with van der Waals surface area (Å²) in [5.74, 6) is 1.54. The van der Waals surface area contributed by atoms with E-state index in [-0.39, 0.29) is 0 Å². The second-order valence-electron chi connectivity index (χ2n) is 4.58. The van der Waals surface area contributed by atoms with Crippen LogP contribution < -0.4 is 14.8 Å². The van der Waals surface area contributed by atoms with E-state index < -0.39 is 0 Å². The van der Waals surface area contributed by atoms with Crippen LogP contribution in [0.5, 0.6) is 11.5 Å². The molecule has 0 aliphatic rings. The molecule has 0 unspecified atom stereocenters. The highest BCUT2D eigenvalue weighted by atomic mass is 16.5. The fourth-order valence-corrected chi connectivity index (χ4v) is 1.96. The molecule has 1 aromatic carbocycles. The number of para-hydroxylation sites is 2. The molecule has 0 saturated carbocycles. The van der Waals surface area contributed by atoms with Crippen LogP contribution in [0, 0.1) is 0 Å². The summed E-state index contributed by atoms with van der Waals surface area (Å²) in [6, 6.07) is 9.94. The van der Waals surface area contributed by atoms with Gasteiger partial charge in [0.15, 0.2) is 11.5 Å². The van der Waals surface area contributed by atoms with Crippen molar-refractivity contribution in [1.29, 1.82) is 0 Å². The average molecular weight is 275 g/mol. The molecular weight excluding hydrogens is 254 g/mol. The molecule has 20 heavy (non-hydrogen) atoms. The van der Waals surface area contributed by atoms with E-state index in [0.717, 1.165) is 24.6 Å². The molecule has 0 aliphatic carbocycles. The SMILES string of the molecule is COc1ccccc1OCCN[C@@H](C)Cn1cccn1. The molecule has 0 radical (unpaired) electrons. The largest absolute Gasteiger partial charge is 0.493 e. The zero-order valence-corrected chi connectivity index (χ0v) is 12.0. The van der Waals surface area contributed by atoms with Crippen molar-refractivity contribution in [3.05, 3.63) is 42.7 Å². The summed E-state index contributed by atoms with van der Waals surface area (Å²) in [7, 11) is 1.65. The van der Waals surface area contributed by atoms with Gasteiger partial charge in [0, 0.05) is 25.0 Å². The lowest BCUT2D eigenvalue weighted by atomic mass is 10.3. The Morgan fingerprint density at radius 1 is 1.25 bits per heavy atom. The minimum atomic E-state index is 0.344. The predicted octanol–water partition coefficient (Wildman–Crippen LogP) is 1.95. The smallest absolute Gasteiger partial charge is 0.161 e. The van der Waals surface area contributed by atoms with Crippen LogP contribution in [0.25, 0.3) is 0 Å². The van der Waals surface area contributed by atoms with E-state index in [9.17, 15) is 0 Å². The summed E-state index contributed by atoms with van der Waals surface area (Å²) in [5.41, 5.74) is 0. The van der Waals surface area contributed by atoms with E-state index in [1.54, 1.807) is 13.3 Å². The topological polar surface area (TPSA) is 48.3 Å². The fraction of sp³-hybridized carbons (Fsp3) is 0.400. The lowest BCUT2D eigenvalue weighted by molar-refractivity contribution is 0.284. The minimum absolute atomic E-state index is 0.344. The maximum Gasteiger partial charge on any atom is 0.161 e. The van der Waals surface area contributed by atoms with Gasteiger partial charge in [-0.1, -0.05) is 12.1 Å². The number of nitrogens with zero attached hydrogens (tertiary/aromatic N) is 2. The van der Waals surface area contributed by atoms with Crippen molar-refractivity contribution in [2.75, 3.05) is 20.3 Å². The average Bonchev–Trinajstić information content (AvgIpc) is 2.97. The van der Waals surface area contributed by atoms with E-state index in [0.29, 0.717) is 12.6 Å². The lowest BCUT2D eigenvalue weighted by Gasteiger charge is -2.15. The second-order valence-corrected chi connectivity index (χ2v) is 4.58. The number of methoxy groups -OCH3 is 1. The maximum atomic E-state index is 5.70. The Kier molecular flexibility index (Phi) is 5.43. The third kappa shape index (κ3) is 4.28. The van der Waals surface area contributed by atoms with Gasteiger partial charge >= 0.3 is 0 Å². The Morgan fingerprint density at radius 3 is 2.75 bits per heavy atom. The highest BCUT2D eigenvalue weighted by molar-refractivity contribution is 5.39. The van der Waals surface area contributed by atoms with Gasteiger partial charge in [-0.2, -0.15) is 5.10 Å². The van der Waals surface area contributed by atoms with E-state index in [2.05, 4.69) is 17.3 Å². The zero-order valence-electron chi connectivity index (χ0n) is 12.0. The summed E-state index contributed by atoms with van der Waals surface area (Å²) >= 11 is 0. The molecule has 2 rings (SSSR count). The van der Waals surface area contributed by atoms with Crippen molar-refractivity contribution in [1.82, 2.24) is 15.1 Å². The van der Waals surface area contributed by atoms with Gasteiger partial charge in [0.1, 0.15) is 6.61 Å². The number of benzene rings is 1. The van der Waals surface area contributed by atoms with Crippen LogP contribution in [-0.4, -0.2) is 36.1 Å². The Bertz CT molecular complexity index is 500. The van der Waals surface area contributed by atoms with Gasteiger partial charge in [-0.05, 0) is 25.1 Å². The maximum absolute atomic E-state index is 5.70. The minimum Gasteiger partial charge on any atom is -0.493 e. The molecule has 0 spiro atoms. The summed E-state index contributed by atoms with van der Waals surface area (Å²) in [4.78, 5) is 0. The van der Waals surface area contributed by atoms with Crippen LogP contribution in [-0.2, 0) is 6.54 Å². The van der Waals surface area contributed by atoms with Crippen molar-refractivity contribution >= 4 is 0 Å². The highest BCUT2D eigenvalue weighted by Gasteiger charge is 2.04. The third-order valence-electron chi connectivity index (χ3n) is 2.94. The Morgan fingerprint density at radius 2 is 2.05 bits per heavy atom. The Hall–Kier alpha value is -2.01. The first kappa shape index (κ1) is 14.4. The first-order chi connectivity index (χ1) is 9.79. The van der Waals surface area contributed by atoms with E-state index in [1.807, 2.05) is 41.2 Å². The Balaban J connectivity index is 1.68. The van der Waals surface area contributed by atoms with Gasteiger partial charge in [0.2, 0.25) is 0 Å². The van der Waals surface area contributed by atoms with Crippen molar-refractivity contribution in [2.24, 2.45) is 0 Å². The monoisotopic (exact) mass is 275 g/mol. The summed E-state index contributed by atoms with van der Waals surface area (Å²) < 4.78 is 12.9. The number of nitrogens with one attached hydrogen (secondary N) is 1. The van der Waals surface area contributed by atoms with Crippen LogP contribution in [0.4, 0.5) is 0 Å². The van der Waals surface area contributed by atoms with Gasteiger partial charge in [-0.15, -0.1) is 0 Å². The summed E-state index contributed by atoms with van der Waals surface area (Å²) in [5, 5.41) is 7.59. The third-order valence-corrected chi connectivity index (χ3v) is 2.94. The second kappa shape index (κ2) is 7.55. The first-order valence-electron chi connectivity index (χ1n) is 6.76. The van der Waals surface area contributed by atoms with Gasteiger partial charge in [0.05, 0.1) is 13.7 Å². The number of hydrogen-bond acceptors (Lipinski definition) is 4. The summed E-state index contributed by atoms with van der Waals surface area (Å²) in [6.45, 7) is 4.36. The van der Waals surface area contributed by atoms with Gasteiger partial charge in [-0.25, -0.2) is 0 Å². The van der Waals surface area contributed by atoms with Crippen LogP contribution in [0.2, 0.25) is 0 Å². The van der Waals surface area contributed by atoms with Crippen molar-refractivity contribution in [2.45, 2.75) is 19.5 Å². The van der Waals surface area contributed by atoms with E-state index in [4.69, 9.17) is 9.47 Å². The zero-order chi connectivity index (χ0) is 14.2. The first-order valence-corrected chi connectivity index (χ1v) is 6.76. The van der Waals surface area contributed by atoms with Crippen molar-refractivity contribution in [3.8, 4) is 11.5 Å². The molecule has 108 valence electrons.